The smallest absolute Gasteiger partial charge is 0.352 e. The van der Waals surface area contributed by atoms with E-state index in [1.54, 1.807) is 6.07 Å². The third-order valence-corrected chi connectivity index (χ3v) is 3.89. The highest BCUT2D eigenvalue weighted by Gasteiger charge is 2.32. The molecule has 0 saturated heterocycles. The summed E-state index contributed by atoms with van der Waals surface area (Å²) in [5.74, 6) is -0.156. The molecule has 0 atom stereocenters. The second-order valence-electron chi connectivity index (χ2n) is 5.66. The molecule has 2 N–H and O–H groups in total. The van der Waals surface area contributed by atoms with Gasteiger partial charge < -0.3 is 10.6 Å². The quantitative estimate of drug-likeness (QED) is 0.876. The molecule has 1 aromatic carbocycles. The fourth-order valence-electron chi connectivity index (χ4n) is 2.79. The Hall–Kier alpha value is -1.56. The minimum absolute atomic E-state index is 0.0216. The van der Waals surface area contributed by atoms with E-state index in [4.69, 9.17) is 0 Å². The normalized spacial score (nSPS) is 16.5. The number of nitrogens with one attached hydrogen (secondary N) is 2. The molecule has 0 bridgehead atoms. The van der Waals surface area contributed by atoms with Crippen molar-refractivity contribution in [3.8, 4) is 0 Å². The van der Waals surface area contributed by atoms with Gasteiger partial charge in [-0.15, -0.1) is 0 Å². The second-order valence-corrected chi connectivity index (χ2v) is 5.66. The van der Waals surface area contributed by atoms with Gasteiger partial charge in [0, 0.05) is 12.6 Å². The van der Waals surface area contributed by atoms with Crippen molar-refractivity contribution in [1.29, 1.82) is 0 Å². The fourth-order valence-corrected chi connectivity index (χ4v) is 2.79. The zero-order valence-electron chi connectivity index (χ0n) is 12.4. The van der Waals surface area contributed by atoms with Crippen LogP contribution in [-0.2, 0) is 17.5 Å². The molecule has 1 aliphatic rings. The zero-order chi connectivity index (χ0) is 16.0. The van der Waals surface area contributed by atoms with Gasteiger partial charge in [0.05, 0.1) is 12.1 Å². The van der Waals surface area contributed by atoms with Crippen molar-refractivity contribution in [2.45, 2.75) is 50.9 Å². The Labute approximate surface area is 128 Å². The SMILES string of the molecule is O=C(CNCc1ccccc1C(F)(F)F)NC1CCCCC1. The van der Waals surface area contributed by atoms with Crippen LogP contribution in [-0.4, -0.2) is 18.5 Å². The summed E-state index contributed by atoms with van der Waals surface area (Å²) in [6, 6.07) is 5.62. The molecule has 3 nitrogen and oxygen atoms in total. The zero-order valence-corrected chi connectivity index (χ0v) is 12.4. The first-order valence-corrected chi connectivity index (χ1v) is 7.62. The van der Waals surface area contributed by atoms with Gasteiger partial charge in [-0.2, -0.15) is 13.2 Å². The van der Waals surface area contributed by atoms with Crippen LogP contribution in [0.5, 0.6) is 0 Å². The van der Waals surface area contributed by atoms with Gasteiger partial charge in [0.1, 0.15) is 0 Å². The lowest BCUT2D eigenvalue weighted by Gasteiger charge is -2.22. The number of benzene rings is 1. The number of hydrogen-bond acceptors (Lipinski definition) is 2. The van der Waals surface area contributed by atoms with Crippen LogP contribution < -0.4 is 10.6 Å². The predicted octanol–water partition coefficient (Wildman–Crippen LogP) is 3.24. The summed E-state index contributed by atoms with van der Waals surface area (Å²) in [6.45, 7) is 0.0520. The van der Waals surface area contributed by atoms with Crippen LogP contribution in [0.2, 0.25) is 0 Å². The summed E-state index contributed by atoms with van der Waals surface area (Å²) in [6.07, 6.45) is 1.06. The highest BCUT2D eigenvalue weighted by molar-refractivity contribution is 5.78. The Morgan fingerprint density at radius 1 is 1.14 bits per heavy atom. The molecule has 0 heterocycles. The lowest BCUT2D eigenvalue weighted by Crippen LogP contribution is -2.41. The Balaban J connectivity index is 1.80. The first kappa shape index (κ1) is 16.8. The average molecular weight is 314 g/mol. The lowest BCUT2D eigenvalue weighted by atomic mass is 9.95. The minimum Gasteiger partial charge on any atom is -0.352 e. The number of rotatable bonds is 5. The van der Waals surface area contributed by atoms with Crippen molar-refractivity contribution in [1.82, 2.24) is 10.6 Å². The molecule has 1 aliphatic carbocycles. The summed E-state index contributed by atoms with van der Waals surface area (Å²) in [5.41, 5.74) is -0.504. The Bertz CT molecular complexity index is 496. The number of amides is 1. The first-order chi connectivity index (χ1) is 10.5. The summed E-state index contributed by atoms with van der Waals surface area (Å²) >= 11 is 0. The van der Waals surface area contributed by atoms with Gasteiger partial charge in [0.2, 0.25) is 5.91 Å². The molecule has 0 unspecified atom stereocenters. The van der Waals surface area contributed by atoms with Crippen molar-refractivity contribution in [2.75, 3.05) is 6.54 Å². The highest BCUT2D eigenvalue weighted by Crippen LogP contribution is 2.31. The number of hydrogen-bond donors (Lipinski definition) is 2. The van der Waals surface area contributed by atoms with Crippen LogP contribution in [0.25, 0.3) is 0 Å². The number of carbonyl (C=O) groups is 1. The Morgan fingerprint density at radius 2 is 1.82 bits per heavy atom. The molecule has 1 fully saturated rings. The number of carbonyl (C=O) groups excluding carboxylic acids is 1. The molecule has 0 radical (unpaired) electrons. The van der Waals surface area contributed by atoms with Gasteiger partial charge in [0.15, 0.2) is 0 Å². The second kappa shape index (κ2) is 7.63. The topological polar surface area (TPSA) is 41.1 Å². The summed E-state index contributed by atoms with van der Waals surface area (Å²) in [7, 11) is 0. The van der Waals surface area contributed by atoms with Crippen LogP contribution in [0.15, 0.2) is 24.3 Å². The Morgan fingerprint density at radius 3 is 2.50 bits per heavy atom. The molecule has 1 saturated carbocycles. The molecule has 1 aromatic rings. The van der Waals surface area contributed by atoms with Crippen molar-refractivity contribution >= 4 is 5.91 Å². The third-order valence-electron chi connectivity index (χ3n) is 3.89. The van der Waals surface area contributed by atoms with E-state index >= 15 is 0 Å². The lowest BCUT2D eigenvalue weighted by molar-refractivity contribution is -0.138. The number of halogens is 3. The van der Waals surface area contributed by atoms with Crippen molar-refractivity contribution in [2.24, 2.45) is 0 Å². The molecular formula is C16H21F3N2O. The van der Waals surface area contributed by atoms with E-state index in [1.807, 2.05) is 0 Å². The van der Waals surface area contributed by atoms with Crippen LogP contribution in [0.1, 0.15) is 43.2 Å². The molecule has 0 aromatic heterocycles. The third kappa shape index (κ3) is 5.02. The van der Waals surface area contributed by atoms with Gasteiger partial charge in [-0.1, -0.05) is 37.5 Å². The maximum atomic E-state index is 12.8. The van der Waals surface area contributed by atoms with E-state index in [-0.39, 0.29) is 30.6 Å². The highest BCUT2D eigenvalue weighted by atomic mass is 19.4. The largest absolute Gasteiger partial charge is 0.416 e. The van der Waals surface area contributed by atoms with E-state index in [0.29, 0.717) is 0 Å². The molecule has 6 heteroatoms. The Kier molecular flexibility index (Phi) is 5.83. The summed E-state index contributed by atoms with van der Waals surface area (Å²) in [4.78, 5) is 11.8. The molecule has 1 amide bonds. The van der Waals surface area contributed by atoms with E-state index in [9.17, 15) is 18.0 Å². The van der Waals surface area contributed by atoms with Gasteiger partial charge >= 0.3 is 6.18 Å². The molecule has 2 rings (SSSR count). The van der Waals surface area contributed by atoms with E-state index in [0.717, 1.165) is 31.7 Å². The standard InChI is InChI=1S/C16H21F3N2O/c17-16(18,19)14-9-5-4-6-12(14)10-20-11-15(22)21-13-7-2-1-3-8-13/h4-6,9,13,20H,1-3,7-8,10-11H2,(H,21,22). The van der Waals surface area contributed by atoms with Gasteiger partial charge in [-0.25, -0.2) is 0 Å². The van der Waals surface area contributed by atoms with Gasteiger partial charge in [-0.05, 0) is 24.5 Å². The van der Waals surface area contributed by atoms with Crippen molar-refractivity contribution < 1.29 is 18.0 Å². The van der Waals surface area contributed by atoms with Gasteiger partial charge in [-0.3, -0.25) is 4.79 Å². The van der Waals surface area contributed by atoms with E-state index < -0.39 is 11.7 Å². The molecule has 22 heavy (non-hydrogen) atoms. The maximum absolute atomic E-state index is 12.8. The van der Waals surface area contributed by atoms with Crippen molar-refractivity contribution in [3.63, 3.8) is 0 Å². The molecule has 0 aliphatic heterocycles. The fraction of sp³-hybridized carbons (Fsp3) is 0.562. The maximum Gasteiger partial charge on any atom is 0.416 e. The van der Waals surface area contributed by atoms with E-state index in [2.05, 4.69) is 10.6 Å². The molecule has 122 valence electrons. The molecular weight excluding hydrogens is 293 g/mol. The van der Waals surface area contributed by atoms with Crippen LogP contribution in [0.4, 0.5) is 13.2 Å². The predicted molar refractivity (Wildman–Crippen MR) is 78.2 cm³/mol. The van der Waals surface area contributed by atoms with Crippen molar-refractivity contribution in [3.05, 3.63) is 35.4 Å². The first-order valence-electron chi connectivity index (χ1n) is 7.62. The van der Waals surface area contributed by atoms with Crippen LogP contribution in [0, 0.1) is 0 Å². The van der Waals surface area contributed by atoms with E-state index in [1.165, 1.54) is 18.6 Å². The van der Waals surface area contributed by atoms with Crippen LogP contribution in [0.3, 0.4) is 0 Å². The average Bonchev–Trinajstić information content (AvgIpc) is 2.48. The summed E-state index contributed by atoms with van der Waals surface area (Å²) < 4.78 is 38.5. The van der Waals surface area contributed by atoms with Crippen LogP contribution >= 0.6 is 0 Å². The number of alkyl halides is 3. The van der Waals surface area contributed by atoms with Gasteiger partial charge in [0.25, 0.3) is 0 Å². The minimum atomic E-state index is -4.37. The summed E-state index contributed by atoms with van der Waals surface area (Å²) in [5, 5.41) is 5.72. The molecule has 0 spiro atoms. The monoisotopic (exact) mass is 314 g/mol.